The van der Waals surface area contributed by atoms with E-state index in [2.05, 4.69) is 6.58 Å². The molecule has 1 saturated heterocycles. The lowest BCUT2D eigenvalue weighted by atomic mass is 9.98. The average Bonchev–Trinajstić information content (AvgIpc) is 2.71. The van der Waals surface area contributed by atoms with E-state index in [1.54, 1.807) is 6.92 Å². The summed E-state index contributed by atoms with van der Waals surface area (Å²) in [4.78, 5) is 22.8. The number of hydrogen-bond acceptors (Lipinski definition) is 9. The molecule has 1 heterocycles. The van der Waals surface area contributed by atoms with Crippen molar-refractivity contribution >= 4 is 11.9 Å². The van der Waals surface area contributed by atoms with Gasteiger partial charge in [-0.25, -0.2) is 0 Å². The fourth-order valence-electron chi connectivity index (χ4n) is 3.47. The Morgan fingerprint density at radius 1 is 1.12 bits per heavy atom. The number of aliphatic hydroxyl groups is 3. The molecule has 0 saturated carbocycles. The van der Waals surface area contributed by atoms with E-state index in [-0.39, 0.29) is 6.61 Å². The van der Waals surface area contributed by atoms with E-state index in [0.29, 0.717) is 19.3 Å². The fraction of sp³-hybridized carbons (Fsp3) is 0.680. The number of ether oxygens (including phenoxy) is 4. The molecule has 0 unspecified atom stereocenters. The molecule has 9 heteroatoms. The van der Waals surface area contributed by atoms with E-state index in [4.69, 9.17) is 18.9 Å². The summed E-state index contributed by atoms with van der Waals surface area (Å²) in [6.45, 7) is 13.2. The Balaban J connectivity index is 3.05. The maximum Gasteiger partial charge on any atom is 0.303 e. The van der Waals surface area contributed by atoms with Crippen LogP contribution in [0.5, 0.6) is 0 Å². The monoisotopic (exact) mass is 484 g/mol. The Bertz CT molecular complexity index is 749. The number of aliphatic hydroxyl groups excluding tert-OH is 2. The van der Waals surface area contributed by atoms with Crippen molar-refractivity contribution in [3.05, 3.63) is 36.0 Å². The maximum atomic E-state index is 11.6. The summed E-state index contributed by atoms with van der Waals surface area (Å²) < 4.78 is 22.0. The van der Waals surface area contributed by atoms with Gasteiger partial charge in [-0.05, 0) is 47.0 Å². The molecule has 3 N–H and O–H groups in total. The molecule has 0 aromatic heterocycles. The van der Waals surface area contributed by atoms with Crippen LogP contribution in [0, 0.1) is 0 Å². The summed E-state index contributed by atoms with van der Waals surface area (Å²) in [6, 6.07) is 0. The van der Waals surface area contributed by atoms with Crippen LogP contribution in [0.1, 0.15) is 60.8 Å². The molecular weight excluding hydrogens is 444 g/mol. The highest BCUT2D eigenvalue weighted by Gasteiger charge is 2.48. The molecule has 0 aromatic carbocycles. The van der Waals surface area contributed by atoms with Crippen molar-refractivity contribution in [2.24, 2.45) is 0 Å². The molecule has 1 rings (SSSR count). The molecule has 1 aliphatic heterocycles. The predicted molar refractivity (Wildman–Crippen MR) is 126 cm³/mol. The van der Waals surface area contributed by atoms with Crippen LogP contribution in [0.4, 0.5) is 0 Å². The third-order valence-electron chi connectivity index (χ3n) is 5.33. The van der Waals surface area contributed by atoms with E-state index in [1.807, 2.05) is 32.9 Å². The SMILES string of the molecule is C=C[C@](C)(O)CC/C=C(\C)C[C@H](C=C(C)C)O[C@@H]1O[C@@H](COC(C)=O)[C@@H](O)[C@H](O)[C@H]1OC(C)=O. The number of carbonyl (C=O) groups excluding carboxylic acids is 2. The number of rotatable bonds is 12. The van der Waals surface area contributed by atoms with Gasteiger partial charge in [0.15, 0.2) is 12.4 Å². The van der Waals surface area contributed by atoms with Crippen molar-refractivity contribution in [3.63, 3.8) is 0 Å². The maximum absolute atomic E-state index is 11.6. The largest absolute Gasteiger partial charge is 0.463 e. The first-order valence-corrected chi connectivity index (χ1v) is 11.4. The summed E-state index contributed by atoms with van der Waals surface area (Å²) in [5, 5.41) is 31.1. The molecule has 0 aromatic rings. The number of hydrogen-bond donors (Lipinski definition) is 3. The van der Waals surface area contributed by atoms with Gasteiger partial charge >= 0.3 is 11.9 Å². The first-order valence-electron chi connectivity index (χ1n) is 11.4. The van der Waals surface area contributed by atoms with Crippen LogP contribution in [-0.4, -0.2) is 76.3 Å². The van der Waals surface area contributed by atoms with Crippen molar-refractivity contribution in [3.8, 4) is 0 Å². The summed E-state index contributed by atoms with van der Waals surface area (Å²) in [6.07, 6.45) is -0.000546. The second kappa shape index (κ2) is 13.7. The molecule has 194 valence electrons. The van der Waals surface area contributed by atoms with Gasteiger partial charge in [-0.15, -0.1) is 6.58 Å². The summed E-state index contributed by atoms with van der Waals surface area (Å²) in [5.41, 5.74) is 1.02. The van der Waals surface area contributed by atoms with E-state index >= 15 is 0 Å². The molecule has 0 bridgehead atoms. The van der Waals surface area contributed by atoms with Crippen LogP contribution in [0.2, 0.25) is 0 Å². The standard InChI is InChI=1S/C25H40O9/c1-8-25(7,30)11-9-10-16(4)13-19(12-15(2)3)33-24-23(32-18(6)27)22(29)21(28)20(34-24)14-31-17(5)26/h8,10,12,19-24,28-30H,1,9,11,13-14H2,2-7H3/b16-10+/t19-,20-,21+,22-,23+,24+,25-/m0/s1. The van der Waals surface area contributed by atoms with Crippen molar-refractivity contribution in [1.82, 2.24) is 0 Å². The molecule has 0 aliphatic carbocycles. The van der Waals surface area contributed by atoms with Crippen LogP contribution in [0.3, 0.4) is 0 Å². The third kappa shape index (κ3) is 10.5. The van der Waals surface area contributed by atoms with Crippen molar-refractivity contribution in [1.29, 1.82) is 0 Å². The summed E-state index contributed by atoms with van der Waals surface area (Å²) in [7, 11) is 0. The normalized spacial score (nSPS) is 27.8. The number of allylic oxidation sites excluding steroid dienone is 2. The fourth-order valence-corrected chi connectivity index (χ4v) is 3.47. The van der Waals surface area contributed by atoms with E-state index in [9.17, 15) is 24.9 Å². The molecule has 0 spiro atoms. The van der Waals surface area contributed by atoms with Gasteiger partial charge in [0, 0.05) is 13.8 Å². The molecule has 9 nitrogen and oxygen atoms in total. The minimum absolute atomic E-state index is 0.296. The highest BCUT2D eigenvalue weighted by molar-refractivity contribution is 5.66. The van der Waals surface area contributed by atoms with E-state index in [0.717, 1.165) is 11.1 Å². The Morgan fingerprint density at radius 2 is 1.76 bits per heavy atom. The third-order valence-corrected chi connectivity index (χ3v) is 5.33. The van der Waals surface area contributed by atoms with Gasteiger partial charge in [-0.3, -0.25) is 9.59 Å². The van der Waals surface area contributed by atoms with E-state index < -0.39 is 54.3 Å². The Labute approximate surface area is 202 Å². The molecule has 0 amide bonds. The molecule has 7 atom stereocenters. The molecule has 0 radical (unpaired) electrons. The van der Waals surface area contributed by atoms with Gasteiger partial charge in [-0.1, -0.05) is 29.4 Å². The Hall–Kier alpha value is -2.04. The molecule has 1 aliphatic rings. The van der Waals surface area contributed by atoms with Crippen LogP contribution >= 0.6 is 0 Å². The second-order valence-corrected chi connectivity index (χ2v) is 9.17. The smallest absolute Gasteiger partial charge is 0.303 e. The van der Waals surface area contributed by atoms with Gasteiger partial charge in [0.25, 0.3) is 0 Å². The average molecular weight is 485 g/mol. The zero-order chi connectivity index (χ0) is 26.1. The minimum atomic E-state index is -1.51. The van der Waals surface area contributed by atoms with Crippen molar-refractivity contribution < 1.29 is 43.9 Å². The predicted octanol–water partition coefficient (Wildman–Crippen LogP) is 2.33. The highest BCUT2D eigenvalue weighted by Crippen LogP contribution is 2.28. The molecular formula is C25H40O9. The molecule has 34 heavy (non-hydrogen) atoms. The first-order chi connectivity index (χ1) is 15.8. The Kier molecular flexibility index (Phi) is 12.1. The zero-order valence-electron chi connectivity index (χ0n) is 21.0. The van der Waals surface area contributed by atoms with Crippen molar-refractivity contribution in [2.75, 3.05) is 6.61 Å². The van der Waals surface area contributed by atoms with Gasteiger partial charge < -0.3 is 34.3 Å². The minimum Gasteiger partial charge on any atom is -0.463 e. The van der Waals surface area contributed by atoms with E-state index in [1.165, 1.54) is 19.9 Å². The quantitative estimate of drug-likeness (QED) is 0.282. The van der Waals surface area contributed by atoms with Gasteiger partial charge in [-0.2, -0.15) is 0 Å². The molecule has 1 fully saturated rings. The summed E-state index contributed by atoms with van der Waals surface area (Å²) >= 11 is 0. The van der Waals surface area contributed by atoms with Crippen LogP contribution in [-0.2, 0) is 28.5 Å². The van der Waals surface area contributed by atoms with Crippen LogP contribution in [0.25, 0.3) is 0 Å². The first kappa shape index (κ1) is 30.0. The van der Waals surface area contributed by atoms with Crippen molar-refractivity contribution in [2.45, 2.75) is 103 Å². The lowest BCUT2D eigenvalue weighted by Gasteiger charge is -2.42. The van der Waals surface area contributed by atoms with Gasteiger partial charge in [0.2, 0.25) is 0 Å². The van der Waals surface area contributed by atoms with Crippen LogP contribution < -0.4 is 0 Å². The lowest BCUT2D eigenvalue weighted by Crippen LogP contribution is -2.61. The number of esters is 2. The van der Waals surface area contributed by atoms with Crippen LogP contribution in [0.15, 0.2) is 36.0 Å². The van der Waals surface area contributed by atoms with Gasteiger partial charge in [0.1, 0.15) is 24.9 Å². The topological polar surface area (TPSA) is 132 Å². The van der Waals surface area contributed by atoms with Gasteiger partial charge in [0.05, 0.1) is 11.7 Å². The highest BCUT2D eigenvalue weighted by atomic mass is 16.7. The lowest BCUT2D eigenvalue weighted by molar-refractivity contribution is -0.310. The zero-order valence-corrected chi connectivity index (χ0v) is 21.0. The summed E-state index contributed by atoms with van der Waals surface area (Å²) in [5.74, 6) is -1.24. The second-order valence-electron chi connectivity index (χ2n) is 9.17. The Morgan fingerprint density at radius 3 is 2.29 bits per heavy atom. The number of carbonyl (C=O) groups is 2.